The maximum absolute atomic E-state index is 13.0. The third kappa shape index (κ3) is 3.51. The molecular formula is C24H27NO5. The normalized spacial score (nSPS) is 17.3. The van der Waals surface area contributed by atoms with Gasteiger partial charge in [-0.2, -0.15) is 0 Å². The first kappa shape index (κ1) is 20.3. The van der Waals surface area contributed by atoms with Gasteiger partial charge in [-0.1, -0.05) is 0 Å². The van der Waals surface area contributed by atoms with Gasteiger partial charge in [-0.3, -0.25) is 9.59 Å². The molecule has 0 radical (unpaired) electrons. The van der Waals surface area contributed by atoms with Gasteiger partial charge in [-0.25, -0.2) is 0 Å². The van der Waals surface area contributed by atoms with Crippen LogP contribution in [0, 0.1) is 13.8 Å². The van der Waals surface area contributed by atoms with Crippen LogP contribution in [-0.2, 0) is 0 Å². The fourth-order valence-corrected chi connectivity index (χ4v) is 4.30. The van der Waals surface area contributed by atoms with Crippen molar-refractivity contribution in [1.82, 2.24) is 4.90 Å². The fourth-order valence-electron chi connectivity index (χ4n) is 4.30. The fraction of sp³-hybridized carbons (Fsp3) is 0.417. The molecule has 0 bridgehead atoms. The van der Waals surface area contributed by atoms with Gasteiger partial charge in [0.25, 0.3) is 5.91 Å². The number of carbonyl (C=O) groups excluding carboxylic acids is 2. The molecule has 1 saturated heterocycles. The molecule has 0 aromatic heterocycles. The van der Waals surface area contributed by atoms with E-state index in [-0.39, 0.29) is 11.7 Å². The van der Waals surface area contributed by atoms with Crippen LogP contribution in [0.5, 0.6) is 17.2 Å². The van der Waals surface area contributed by atoms with Crippen molar-refractivity contribution in [3.63, 3.8) is 0 Å². The predicted molar refractivity (Wildman–Crippen MR) is 113 cm³/mol. The standard InChI is InChI=1S/C24H27NO5/c1-15-11-18-19(26)14-24(30-21(18)12-16(15)2)7-9-25(10-8-24)23(27)17-5-6-20(28-3)22(13-17)29-4/h5-6,11-13H,7-10,14H2,1-4H3. The van der Waals surface area contributed by atoms with Crippen LogP contribution in [0.25, 0.3) is 0 Å². The number of methoxy groups -OCH3 is 2. The molecule has 4 rings (SSSR count). The molecule has 158 valence electrons. The molecule has 2 aliphatic heterocycles. The van der Waals surface area contributed by atoms with E-state index in [4.69, 9.17) is 14.2 Å². The van der Waals surface area contributed by atoms with E-state index in [0.717, 1.165) is 11.1 Å². The minimum atomic E-state index is -0.528. The lowest BCUT2D eigenvalue weighted by atomic mass is 9.81. The number of hydrogen-bond acceptors (Lipinski definition) is 5. The lowest BCUT2D eigenvalue weighted by Gasteiger charge is -2.44. The number of benzene rings is 2. The van der Waals surface area contributed by atoms with Gasteiger partial charge in [0.1, 0.15) is 11.4 Å². The summed E-state index contributed by atoms with van der Waals surface area (Å²) in [4.78, 5) is 27.6. The van der Waals surface area contributed by atoms with Crippen LogP contribution in [-0.4, -0.2) is 49.5 Å². The minimum absolute atomic E-state index is 0.0557. The summed E-state index contributed by atoms with van der Waals surface area (Å²) in [5, 5.41) is 0. The van der Waals surface area contributed by atoms with Crippen molar-refractivity contribution >= 4 is 11.7 Å². The highest BCUT2D eigenvalue weighted by atomic mass is 16.5. The van der Waals surface area contributed by atoms with Crippen LogP contribution in [0.15, 0.2) is 30.3 Å². The van der Waals surface area contributed by atoms with Gasteiger partial charge < -0.3 is 19.1 Å². The van der Waals surface area contributed by atoms with Gasteiger partial charge >= 0.3 is 0 Å². The maximum atomic E-state index is 13.0. The molecule has 0 atom stereocenters. The Morgan fingerprint density at radius 2 is 1.67 bits per heavy atom. The molecule has 0 aliphatic carbocycles. The molecule has 1 fully saturated rings. The lowest BCUT2D eigenvalue weighted by molar-refractivity contribution is -0.00576. The zero-order valence-corrected chi connectivity index (χ0v) is 17.9. The Bertz CT molecular complexity index is 1000. The molecule has 2 aromatic carbocycles. The summed E-state index contributed by atoms with van der Waals surface area (Å²) in [5.74, 6) is 1.86. The first-order valence-corrected chi connectivity index (χ1v) is 10.2. The van der Waals surface area contributed by atoms with E-state index in [1.165, 1.54) is 0 Å². The largest absolute Gasteiger partial charge is 0.493 e. The Morgan fingerprint density at radius 3 is 2.33 bits per heavy atom. The highest BCUT2D eigenvalue weighted by molar-refractivity contribution is 6.01. The molecule has 30 heavy (non-hydrogen) atoms. The molecule has 1 amide bonds. The SMILES string of the molecule is COc1ccc(C(=O)N2CCC3(CC2)CC(=O)c2cc(C)c(C)cc2O3)cc1OC. The third-order valence-electron chi connectivity index (χ3n) is 6.30. The first-order chi connectivity index (χ1) is 14.4. The minimum Gasteiger partial charge on any atom is -0.493 e. The van der Waals surface area contributed by atoms with Gasteiger partial charge in [0.05, 0.1) is 26.2 Å². The van der Waals surface area contributed by atoms with Crippen molar-refractivity contribution in [3.8, 4) is 17.2 Å². The number of carbonyl (C=O) groups is 2. The van der Waals surface area contributed by atoms with Gasteiger partial charge in [0.2, 0.25) is 0 Å². The molecule has 6 heteroatoms. The Hall–Kier alpha value is -3.02. The number of hydrogen-bond donors (Lipinski definition) is 0. The summed E-state index contributed by atoms with van der Waals surface area (Å²) in [6.45, 7) is 5.11. The van der Waals surface area contributed by atoms with E-state index in [9.17, 15) is 9.59 Å². The first-order valence-electron chi connectivity index (χ1n) is 10.2. The molecule has 0 saturated carbocycles. The van der Waals surface area contributed by atoms with Crippen molar-refractivity contribution in [2.75, 3.05) is 27.3 Å². The lowest BCUT2D eigenvalue weighted by Crippen LogP contribution is -2.52. The highest BCUT2D eigenvalue weighted by Gasteiger charge is 2.44. The van der Waals surface area contributed by atoms with Crippen LogP contribution < -0.4 is 14.2 Å². The number of rotatable bonds is 3. The number of nitrogens with zero attached hydrogens (tertiary/aromatic N) is 1. The Labute approximate surface area is 176 Å². The second-order valence-electron chi connectivity index (χ2n) is 8.18. The number of aryl methyl sites for hydroxylation is 2. The third-order valence-corrected chi connectivity index (χ3v) is 6.30. The van der Waals surface area contributed by atoms with E-state index in [2.05, 4.69) is 0 Å². The average Bonchev–Trinajstić information content (AvgIpc) is 2.75. The summed E-state index contributed by atoms with van der Waals surface area (Å²) >= 11 is 0. The topological polar surface area (TPSA) is 65.1 Å². The Kier molecular flexibility index (Phi) is 5.18. The highest BCUT2D eigenvalue weighted by Crippen LogP contribution is 2.40. The maximum Gasteiger partial charge on any atom is 0.253 e. The van der Waals surface area contributed by atoms with E-state index < -0.39 is 5.60 Å². The van der Waals surface area contributed by atoms with Crippen LogP contribution in [0.3, 0.4) is 0 Å². The van der Waals surface area contributed by atoms with E-state index >= 15 is 0 Å². The average molecular weight is 409 g/mol. The number of amides is 1. The van der Waals surface area contributed by atoms with Crippen molar-refractivity contribution in [1.29, 1.82) is 0 Å². The molecule has 6 nitrogen and oxygen atoms in total. The number of fused-ring (bicyclic) bond motifs is 1. The van der Waals surface area contributed by atoms with Crippen molar-refractivity contribution < 1.29 is 23.8 Å². The molecule has 2 aliphatic rings. The van der Waals surface area contributed by atoms with Crippen LogP contribution in [0.4, 0.5) is 0 Å². The smallest absolute Gasteiger partial charge is 0.253 e. The molecular weight excluding hydrogens is 382 g/mol. The summed E-state index contributed by atoms with van der Waals surface area (Å²) in [7, 11) is 3.12. The number of Topliss-reactive ketones (excluding diaryl/α,β-unsaturated/α-hetero) is 1. The molecule has 2 heterocycles. The molecule has 0 N–H and O–H groups in total. The number of ether oxygens (including phenoxy) is 3. The van der Waals surface area contributed by atoms with E-state index in [0.29, 0.717) is 60.7 Å². The number of likely N-dealkylation sites (tertiary alicyclic amines) is 1. The van der Waals surface area contributed by atoms with Crippen molar-refractivity contribution in [3.05, 3.63) is 52.6 Å². The zero-order valence-electron chi connectivity index (χ0n) is 17.9. The van der Waals surface area contributed by atoms with Crippen LogP contribution >= 0.6 is 0 Å². The summed E-state index contributed by atoms with van der Waals surface area (Å²) in [6.07, 6.45) is 1.62. The quantitative estimate of drug-likeness (QED) is 0.768. The molecule has 0 unspecified atom stereocenters. The number of piperidine rings is 1. The summed E-state index contributed by atoms with van der Waals surface area (Å²) in [5.41, 5.74) is 2.91. The van der Waals surface area contributed by atoms with Gasteiger partial charge in [-0.05, 0) is 55.3 Å². The van der Waals surface area contributed by atoms with E-state index in [1.807, 2.05) is 30.9 Å². The molecule has 2 aromatic rings. The Balaban J connectivity index is 1.49. The predicted octanol–water partition coefficient (Wildman–Crippen LogP) is 3.96. The number of ketones is 1. The second kappa shape index (κ2) is 7.67. The zero-order chi connectivity index (χ0) is 21.5. The van der Waals surface area contributed by atoms with Crippen molar-refractivity contribution in [2.24, 2.45) is 0 Å². The van der Waals surface area contributed by atoms with Gasteiger partial charge in [0, 0.05) is 31.5 Å². The summed E-state index contributed by atoms with van der Waals surface area (Å²) < 4.78 is 16.9. The Morgan fingerprint density at radius 1 is 1.00 bits per heavy atom. The second-order valence-corrected chi connectivity index (χ2v) is 8.18. The van der Waals surface area contributed by atoms with Crippen molar-refractivity contribution in [2.45, 2.75) is 38.7 Å². The van der Waals surface area contributed by atoms with Gasteiger partial charge in [-0.15, -0.1) is 0 Å². The van der Waals surface area contributed by atoms with E-state index in [1.54, 1.807) is 32.4 Å². The molecule has 1 spiro atoms. The van der Waals surface area contributed by atoms with Crippen LogP contribution in [0.2, 0.25) is 0 Å². The monoisotopic (exact) mass is 409 g/mol. The van der Waals surface area contributed by atoms with Crippen LogP contribution in [0.1, 0.15) is 51.1 Å². The summed E-state index contributed by atoms with van der Waals surface area (Å²) in [6, 6.07) is 9.07. The van der Waals surface area contributed by atoms with Gasteiger partial charge in [0.15, 0.2) is 17.3 Å².